The van der Waals surface area contributed by atoms with E-state index in [1.807, 2.05) is 7.05 Å². The summed E-state index contributed by atoms with van der Waals surface area (Å²) in [6, 6.07) is 0.519. The maximum absolute atomic E-state index is 4.74. The molecule has 0 atom stereocenters. The minimum absolute atomic E-state index is 0.112. The van der Waals surface area contributed by atoms with Crippen LogP contribution < -0.4 is 10.6 Å². The van der Waals surface area contributed by atoms with Crippen LogP contribution in [0.15, 0.2) is 10.4 Å². The molecule has 6 heteroatoms. The smallest absolute Gasteiger partial charge is 0.191 e. The van der Waals surface area contributed by atoms with Gasteiger partial charge in [-0.05, 0) is 25.8 Å². The van der Waals surface area contributed by atoms with Crippen molar-refractivity contribution in [2.24, 2.45) is 4.99 Å². The minimum Gasteiger partial charge on any atom is -0.354 e. The molecule has 0 unspecified atom stereocenters. The molecule has 2 heterocycles. The van der Waals surface area contributed by atoms with E-state index < -0.39 is 0 Å². The molecule has 0 saturated carbocycles. The predicted molar refractivity (Wildman–Crippen MR) is 109 cm³/mol. The number of nitrogens with one attached hydrogen (secondary N) is 2. The van der Waals surface area contributed by atoms with E-state index >= 15 is 0 Å². The van der Waals surface area contributed by atoms with Gasteiger partial charge < -0.3 is 15.5 Å². The highest BCUT2D eigenvalue weighted by Gasteiger charge is 2.20. The fourth-order valence-electron chi connectivity index (χ4n) is 2.97. The lowest BCUT2D eigenvalue weighted by atomic mass is 9.93. The summed E-state index contributed by atoms with van der Waals surface area (Å²) in [5.41, 5.74) is 1.28. The Hall–Kier alpha value is -1.14. The number of aliphatic imine (C=N–C) groups is 1. The van der Waals surface area contributed by atoms with Crippen LogP contribution in [-0.4, -0.2) is 48.6 Å². The van der Waals surface area contributed by atoms with E-state index in [-0.39, 0.29) is 5.41 Å². The Balaban J connectivity index is 1.75. The summed E-state index contributed by atoms with van der Waals surface area (Å²) < 4.78 is 0. The Morgan fingerprint density at radius 2 is 2.08 bits per heavy atom. The quantitative estimate of drug-likeness (QED) is 0.599. The predicted octanol–water partition coefficient (Wildman–Crippen LogP) is 3.37. The molecule has 0 amide bonds. The van der Waals surface area contributed by atoms with Crippen molar-refractivity contribution in [2.45, 2.75) is 71.4 Å². The topological polar surface area (TPSA) is 52.5 Å². The van der Waals surface area contributed by atoms with Crippen LogP contribution in [0.1, 0.15) is 64.1 Å². The van der Waals surface area contributed by atoms with E-state index in [2.05, 4.69) is 53.6 Å². The highest BCUT2D eigenvalue weighted by Crippen LogP contribution is 2.23. The zero-order valence-corrected chi connectivity index (χ0v) is 17.4. The Labute approximate surface area is 157 Å². The third kappa shape index (κ3) is 6.59. The van der Waals surface area contributed by atoms with E-state index in [0.29, 0.717) is 6.04 Å². The average Bonchev–Trinajstić information content (AvgIpc) is 3.07. The number of rotatable bonds is 6. The van der Waals surface area contributed by atoms with E-state index in [9.17, 15) is 0 Å². The Kier molecular flexibility index (Phi) is 7.69. The summed E-state index contributed by atoms with van der Waals surface area (Å²) in [4.78, 5) is 11.7. The van der Waals surface area contributed by atoms with Gasteiger partial charge in [-0.1, -0.05) is 34.1 Å². The van der Waals surface area contributed by atoms with E-state index in [1.165, 1.54) is 45.3 Å². The van der Waals surface area contributed by atoms with Gasteiger partial charge in [0.1, 0.15) is 5.01 Å². The number of guanidine groups is 1. The molecule has 1 aromatic heterocycles. The molecule has 142 valence electrons. The van der Waals surface area contributed by atoms with E-state index in [1.54, 1.807) is 11.3 Å². The van der Waals surface area contributed by atoms with Gasteiger partial charge in [-0.15, -0.1) is 11.3 Å². The highest BCUT2D eigenvalue weighted by atomic mass is 32.1. The lowest BCUT2D eigenvalue weighted by Gasteiger charge is -2.33. The molecule has 25 heavy (non-hydrogen) atoms. The monoisotopic (exact) mass is 365 g/mol. The van der Waals surface area contributed by atoms with E-state index in [0.717, 1.165) is 23.2 Å². The molecule has 1 aromatic rings. The van der Waals surface area contributed by atoms with Crippen LogP contribution in [0.4, 0.5) is 0 Å². The summed E-state index contributed by atoms with van der Waals surface area (Å²) in [7, 11) is 1.84. The molecule has 0 bridgehead atoms. The van der Waals surface area contributed by atoms with Crippen LogP contribution >= 0.6 is 11.3 Å². The van der Waals surface area contributed by atoms with Crippen LogP contribution in [0.2, 0.25) is 0 Å². The number of piperidine rings is 1. The second kappa shape index (κ2) is 9.53. The molecule has 1 saturated heterocycles. The highest BCUT2D eigenvalue weighted by molar-refractivity contribution is 7.09. The van der Waals surface area contributed by atoms with E-state index in [4.69, 9.17) is 4.98 Å². The molecular weight excluding hydrogens is 330 g/mol. The number of aromatic nitrogens is 1. The number of unbranched alkanes of at least 4 members (excludes halogenated alkanes) is 1. The van der Waals surface area contributed by atoms with Crippen molar-refractivity contribution in [1.82, 2.24) is 20.5 Å². The molecule has 5 nitrogen and oxygen atoms in total. The van der Waals surface area contributed by atoms with Crippen LogP contribution in [0, 0.1) is 0 Å². The summed E-state index contributed by atoms with van der Waals surface area (Å²) >= 11 is 1.72. The van der Waals surface area contributed by atoms with Gasteiger partial charge in [0.05, 0.1) is 12.2 Å². The first-order valence-electron chi connectivity index (χ1n) is 9.56. The lowest BCUT2D eigenvalue weighted by Crippen LogP contribution is -2.48. The first kappa shape index (κ1) is 20.2. The molecule has 0 aromatic carbocycles. The van der Waals surface area contributed by atoms with Gasteiger partial charge in [0.15, 0.2) is 5.96 Å². The van der Waals surface area contributed by atoms with Gasteiger partial charge in [0.25, 0.3) is 0 Å². The lowest BCUT2D eigenvalue weighted by molar-refractivity contribution is 0.203. The SMILES string of the molecule is CCCCN1CCC(NC(=NC)NCc2nc(C(C)(C)C)cs2)CC1. The first-order valence-corrected chi connectivity index (χ1v) is 10.4. The first-order chi connectivity index (χ1) is 11.9. The Morgan fingerprint density at radius 1 is 1.36 bits per heavy atom. The van der Waals surface area contributed by atoms with Crippen LogP contribution in [0.25, 0.3) is 0 Å². The van der Waals surface area contributed by atoms with Crippen LogP contribution in [0.5, 0.6) is 0 Å². The summed E-state index contributed by atoms with van der Waals surface area (Å²) in [5.74, 6) is 0.888. The minimum atomic E-state index is 0.112. The second-order valence-corrected chi connectivity index (χ2v) is 8.86. The van der Waals surface area contributed by atoms with Crippen molar-refractivity contribution in [3.05, 3.63) is 16.1 Å². The maximum Gasteiger partial charge on any atom is 0.191 e. The second-order valence-electron chi connectivity index (χ2n) is 7.92. The zero-order chi connectivity index (χ0) is 18.3. The Morgan fingerprint density at radius 3 is 2.64 bits per heavy atom. The van der Waals surface area contributed by atoms with Gasteiger partial charge in [0.2, 0.25) is 0 Å². The standard InChI is InChI=1S/C19H35N5S/c1-6-7-10-24-11-8-15(9-12-24)22-18(20-5)21-13-17-23-16(14-25-17)19(2,3)4/h14-15H,6-13H2,1-5H3,(H2,20,21,22). The molecule has 1 aliphatic heterocycles. The molecule has 1 fully saturated rings. The van der Waals surface area contributed by atoms with Crippen molar-refractivity contribution < 1.29 is 0 Å². The number of hydrogen-bond acceptors (Lipinski definition) is 4. The average molecular weight is 366 g/mol. The zero-order valence-electron chi connectivity index (χ0n) is 16.6. The molecule has 2 rings (SSSR count). The summed E-state index contributed by atoms with van der Waals surface area (Å²) in [5, 5.41) is 10.3. The van der Waals surface area contributed by atoms with Crippen molar-refractivity contribution in [1.29, 1.82) is 0 Å². The van der Waals surface area contributed by atoms with Gasteiger partial charge >= 0.3 is 0 Å². The normalized spacial score (nSPS) is 17.7. The van der Waals surface area contributed by atoms with Crippen LogP contribution in [0.3, 0.4) is 0 Å². The van der Waals surface area contributed by atoms with Gasteiger partial charge in [-0.25, -0.2) is 4.98 Å². The Bertz CT molecular complexity index is 538. The fraction of sp³-hybridized carbons (Fsp3) is 0.789. The van der Waals surface area contributed by atoms with Crippen molar-refractivity contribution in [2.75, 3.05) is 26.7 Å². The summed E-state index contributed by atoms with van der Waals surface area (Å²) in [6.07, 6.45) is 4.97. The molecule has 0 aliphatic carbocycles. The van der Waals surface area contributed by atoms with Gasteiger partial charge in [-0.3, -0.25) is 4.99 Å². The molecule has 0 spiro atoms. The van der Waals surface area contributed by atoms with Crippen LogP contribution in [-0.2, 0) is 12.0 Å². The largest absolute Gasteiger partial charge is 0.354 e. The number of thiazole rings is 1. The van der Waals surface area contributed by atoms with Crippen molar-refractivity contribution >= 4 is 17.3 Å². The molecule has 2 N–H and O–H groups in total. The molecule has 0 radical (unpaired) electrons. The third-order valence-corrected chi connectivity index (χ3v) is 5.56. The third-order valence-electron chi connectivity index (χ3n) is 4.71. The van der Waals surface area contributed by atoms with Crippen molar-refractivity contribution in [3.63, 3.8) is 0 Å². The number of hydrogen-bond donors (Lipinski definition) is 2. The van der Waals surface area contributed by atoms with Gasteiger partial charge in [-0.2, -0.15) is 0 Å². The molecular formula is C19H35N5S. The maximum atomic E-state index is 4.74. The number of nitrogens with zero attached hydrogens (tertiary/aromatic N) is 3. The summed E-state index contributed by atoms with van der Waals surface area (Å²) in [6.45, 7) is 13.2. The van der Waals surface area contributed by atoms with Gasteiger partial charge in [0, 0.05) is 37.0 Å². The number of likely N-dealkylation sites (tertiary alicyclic amines) is 1. The van der Waals surface area contributed by atoms with Crippen molar-refractivity contribution in [3.8, 4) is 0 Å². The molecule has 1 aliphatic rings. The fourth-order valence-corrected chi connectivity index (χ4v) is 3.93.